The number of hydrogen-bond donors (Lipinski definition) is 2. The van der Waals surface area contributed by atoms with E-state index < -0.39 is 6.04 Å². The Morgan fingerprint density at radius 3 is 2.19 bits per heavy atom. The lowest BCUT2D eigenvalue weighted by Crippen LogP contribution is -2.50. The van der Waals surface area contributed by atoms with Gasteiger partial charge >= 0.3 is 0 Å². The van der Waals surface area contributed by atoms with Crippen molar-refractivity contribution in [1.29, 1.82) is 0 Å². The summed E-state index contributed by atoms with van der Waals surface area (Å²) < 4.78 is 0. The molecule has 0 aliphatic heterocycles. The molecule has 0 bridgehead atoms. The highest BCUT2D eigenvalue weighted by Crippen LogP contribution is 2.26. The van der Waals surface area contributed by atoms with Gasteiger partial charge in [0.2, 0.25) is 5.91 Å². The predicted molar refractivity (Wildman–Crippen MR) is 108 cm³/mol. The molecule has 0 saturated heterocycles. The van der Waals surface area contributed by atoms with Gasteiger partial charge in [0.1, 0.15) is 6.04 Å². The van der Waals surface area contributed by atoms with Crippen molar-refractivity contribution in [3.63, 3.8) is 0 Å². The van der Waals surface area contributed by atoms with Crippen LogP contribution in [0, 0.1) is 26.7 Å². The Labute approximate surface area is 160 Å². The van der Waals surface area contributed by atoms with Gasteiger partial charge in [-0.3, -0.25) is 9.59 Å². The summed E-state index contributed by atoms with van der Waals surface area (Å²) in [4.78, 5) is 27.9. The standard InChI is InChI=1S/C21H28N2O2S/c1-12(2)19(23-20(24)17-10-8-7-9-13(17)3)21(25)22-15(5)18-11-14(4)26-16(18)6/h7-12,15,19H,1-6H3,(H,22,25)(H,23,24)/t15-,19-/m0/s1. The molecule has 0 saturated carbocycles. The summed E-state index contributed by atoms with van der Waals surface area (Å²) in [6, 6.07) is 8.83. The van der Waals surface area contributed by atoms with Crippen LogP contribution in [-0.2, 0) is 4.79 Å². The molecule has 2 N–H and O–H groups in total. The first-order chi connectivity index (χ1) is 12.2. The number of rotatable bonds is 6. The zero-order valence-corrected chi connectivity index (χ0v) is 17.2. The van der Waals surface area contributed by atoms with E-state index in [2.05, 4.69) is 30.5 Å². The Morgan fingerprint density at radius 1 is 1.00 bits per heavy atom. The maximum atomic E-state index is 12.8. The van der Waals surface area contributed by atoms with Crippen molar-refractivity contribution < 1.29 is 9.59 Å². The van der Waals surface area contributed by atoms with E-state index in [-0.39, 0.29) is 23.8 Å². The summed E-state index contributed by atoms with van der Waals surface area (Å²) >= 11 is 1.73. The van der Waals surface area contributed by atoms with E-state index in [1.54, 1.807) is 17.4 Å². The smallest absolute Gasteiger partial charge is 0.252 e. The Balaban J connectivity index is 2.11. The molecule has 0 aliphatic carbocycles. The van der Waals surface area contributed by atoms with Crippen LogP contribution >= 0.6 is 11.3 Å². The summed E-state index contributed by atoms with van der Waals surface area (Å²) in [5.74, 6) is -0.384. The van der Waals surface area contributed by atoms with Crippen LogP contribution in [0.1, 0.15) is 58.1 Å². The van der Waals surface area contributed by atoms with Crippen LogP contribution in [0.4, 0.5) is 0 Å². The fraction of sp³-hybridized carbons (Fsp3) is 0.429. The monoisotopic (exact) mass is 372 g/mol. The lowest BCUT2D eigenvalue weighted by atomic mass is 10.0. The summed E-state index contributed by atoms with van der Waals surface area (Å²) in [6.45, 7) is 11.9. The number of carbonyl (C=O) groups excluding carboxylic acids is 2. The van der Waals surface area contributed by atoms with Gasteiger partial charge in [0, 0.05) is 15.3 Å². The number of carbonyl (C=O) groups is 2. The van der Waals surface area contributed by atoms with Crippen LogP contribution in [0.15, 0.2) is 30.3 Å². The molecule has 2 aromatic rings. The largest absolute Gasteiger partial charge is 0.348 e. The number of thiophene rings is 1. The van der Waals surface area contributed by atoms with E-state index in [4.69, 9.17) is 0 Å². The van der Waals surface area contributed by atoms with Crippen molar-refractivity contribution in [1.82, 2.24) is 10.6 Å². The number of hydrogen-bond acceptors (Lipinski definition) is 3. The van der Waals surface area contributed by atoms with Crippen molar-refractivity contribution >= 4 is 23.2 Å². The Hall–Kier alpha value is -2.14. The molecule has 26 heavy (non-hydrogen) atoms. The minimum absolute atomic E-state index is 0.0134. The van der Waals surface area contributed by atoms with E-state index >= 15 is 0 Å². The molecule has 4 nitrogen and oxygen atoms in total. The van der Waals surface area contributed by atoms with Gasteiger partial charge in [0.15, 0.2) is 0 Å². The highest BCUT2D eigenvalue weighted by molar-refractivity contribution is 7.12. The van der Waals surface area contributed by atoms with E-state index in [1.807, 2.05) is 45.9 Å². The van der Waals surface area contributed by atoms with Crippen LogP contribution < -0.4 is 10.6 Å². The Bertz CT molecular complexity index is 795. The second-order valence-electron chi connectivity index (χ2n) is 7.11. The topological polar surface area (TPSA) is 58.2 Å². The lowest BCUT2D eigenvalue weighted by Gasteiger charge is -2.24. The average Bonchev–Trinajstić information content (AvgIpc) is 2.90. The second-order valence-corrected chi connectivity index (χ2v) is 8.57. The molecule has 140 valence electrons. The van der Waals surface area contributed by atoms with Gasteiger partial charge in [0.05, 0.1) is 6.04 Å². The van der Waals surface area contributed by atoms with E-state index in [1.165, 1.54) is 9.75 Å². The molecule has 5 heteroatoms. The van der Waals surface area contributed by atoms with Crippen molar-refractivity contribution in [2.45, 2.75) is 53.6 Å². The molecule has 0 radical (unpaired) electrons. The van der Waals surface area contributed by atoms with Gasteiger partial charge in [-0.1, -0.05) is 32.0 Å². The maximum absolute atomic E-state index is 12.8. The Morgan fingerprint density at radius 2 is 1.65 bits per heavy atom. The van der Waals surface area contributed by atoms with Gasteiger partial charge in [-0.25, -0.2) is 0 Å². The number of amides is 2. The summed E-state index contributed by atoms with van der Waals surface area (Å²) in [5.41, 5.74) is 2.63. The van der Waals surface area contributed by atoms with Crippen LogP contribution in [0.3, 0.4) is 0 Å². The first kappa shape index (κ1) is 20.2. The molecular weight excluding hydrogens is 344 g/mol. The van der Waals surface area contributed by atoms with Gasteiger partial charge in [-0.2, -0.15) is 0 Å². The Kier molecular flexibility index (Phi) is 6.59. The van der Waals surface area contributed by atoms with Crippen LogP contribution in [0.25, 0.3) is 0 Å². The number of benzene rings is 1. The normalized spacial score (nSPS) is 13.3. The second kappa shape index (κ2) is 8.49. The zero-order valence-electron chi connectivity index (χ0n) is 16.3. The first-order valence-corrected chi connectivity index (χ1v) is 9.76. The molecule has 1 aromatic carbocycles. The van der Waals surface area contributed by atoms with Crippen molar-refractivity contribution in [3.8, 4) is 0 Å². The molecule has 0 fully saturated rings. The third kappa shape index (κ3) is 4.73. The molecular formula is C21H28N2O2S. The van der Waals surface area contributed by atoms with E-state index in [0.29, 0.717) is 5.56 Å². The third-order valence-corrected chi connectivity index (χ3v) is 5.51. The summed E-state index contributed by atoms with van der Waals surface area (Å²) in [5, 5.41) is 5.96. The molecule has 1 aromatic heterocycles. The SMILES string of the molecule is Cc1cc([C@H](C)NC(=O)[C@@H](NC(=O)c2ccccc2C)C(C)C)c(C)s1. The number of aryl methyl sites for hydroxylation is 3. The lowest BCUT2D eigenvalue weighted by molar-refractivity contribution is -0.124. The van der Waals surface area contributed by atoms with E-state index in [0.717, 1.165) is 11.1 Å². The van der Waals surface area contributed by atoms with Crippen LogP contribution in [0.5, 0.6) is 0 Å². The summed E-state index contributed by atoms with van der Waals surface area (Å²) in [6.07, 6.45) is 0. The molecule has 2 atom stereocenters. The first-order valence-electron chi connectivity index (χ1n) is 8.94. The number of nitrogens with one attached hydrogen (secondary N) is 2. The maximum Gasteiger partial charge on any atom is 0.252 e. The van der Waals surface area contributed by atoms with Gasteiger partial charge in [0.25, 0.3) is 5.91 Å². The van der Waals surface area contributed by atoms with Crippen molar-refractivity contribution in [2.24, 2.45) is 5.92 Å². The quantitative estimate of drug-likeness (QED) is 0.794. The minimum Gasteiger partial charge on any atom is -0.348 e. The van der Waals surface area contributed by atoms with Crippen molar-refractivity contribution in [2.75, 3.05) is 0 Å². The van der Waals surface area contributed by atoms with Gasteiger partial charge in [-0.15, -0.1) is 11.3 Å². The fourth-order valence-electron chi connectivity index (χ4n) is 3.04. The van der Waals surface area contributed by atoms with Crippen LogP contribution in [-0.4, -0.2) is 17.9 Å². The average molecular weight is 373 g/mol. The molecule has 0 unspecified atom stereocenters. The molecule has 1 heterocycles. The molecule has 0 aliphatic rings. The predicted octanol–water partition coefficient (Wildman–Crippen LogP) is 4.31. The van der Waals surface area contributed by atoms with E-state index in [9.17, 15) is 9.59 Å². The van der Waals surface area contributed by atoms with Crippen molar-refractivity contribution in [3.05, 3.63) is 56.8 Å². The molecule has 2 amide bonds. The third-order valence-electron chi connectivity index (χ3n) is 4.53. The van der Waals surface area contributed by atoms with Crippen LogP contribution in [0.2, 0.25) is 0 Å². The fourth-order valence-corrected chi connectivity index (χ4v) is 4.07. The minimum atomic E-state index is -0.579. The molecule has 2 rings (SSSR count). The summed E-state index contributed by atoms with van der Waals surface area (Å²) in [7, 11) is 0. The van der Waals surface area contributed by atoms with Gasteiger partial charge < -0.3 is 10.6 Å². The highest BCUT2D eigenvalue weighted by atomic mass is 32.1. The highest BCUT2D eigenvalue weighted by Gasteiger charge is 2.27. The molecule has 0 spiro atoms. The van der Waals surface area contributed by atoms with Gasteiger partial charge in [-0.05, 0) is 56.9 Å². The zero-order chi connectivity index (χ0) is 19.4.